The number of nitrogens with one attached hydrogen (secondary N) is 1. The second-order valence-corrected chi connectivity index (χ2v) is 7.52. The number of β-lactam (4-membered cyclic amide) rings is 1. The number of carbonyl (C=O) groups is 3. The summed E-state index contributed by atoms with van der Waals surface area (Å²) in [5, 5.41) is 28.2. The quantitative estimate of drug-likeness (QED) is 0.0923. The third kappa shape index (κ3) is 3.33. The number of oxime groups is 1. The number of carboxylic acids is 1. The van der Waals surface area contributed by atoms with Crippen LogP contribution in [0.3, 0.4) is 0 Å². The van der Waals surface area contributed by atoms with Crippen molar-refractivity contribution >= 4 is 51.7 Å². The summed E-state index contributed by atoms with van der Waals surface area (Å²) in [6, 6.07) is -1.01. The number of thiazole rings is 1. The first kappa shape index (κ1) is 19.5. The number of nitrogens with two attached hydrogens (primary N) is 1. The molecule has 0 saturated carbocycles. The number of hydrogen-bond donors (Lipinski definition) is 4. The van der Waals surface area contributed by atoms with Gasteiger partial charge < -0.3 is 21.4 Å². The highest BCUT2D eigenvalue weighted by molar-refractivity contribution is 8.00. The van der Waals surface area contributed by atoms with E-state index in [1.165, 1.54) is 17.1 Å². The minimum atomic E-state index is -1.33. The number of fused-ring (bicyclic) bond motifs is 1. The molecule has 1 aromatic rings. The number of aromatic nitrogens is 1. The van der Waals surface area contributed by atoms with Crippen LogP contribution in [0, 0.1) is 0 Å². The van der Waals surface area contributed by atoms with Crippen molar-refractivity contribution in [3.63, 3.8) is 0 Å². The Kier molecular flexibility index (Phi) is 5.39. The molecule has 3 rings (SSSR count). The van der Waals surface area contributed by atoms with Crippen molar-refractivity contribution in [2.75, 3.05) is 18.0 Å². The average Bonchev–Trinajstić information content (AvgIpc) is 3.09. The lowest BCUT2D eigenvalue weighted by atomic mass is 10.0. The van der Waals surface area contributed by atoms with Crippen molar-refractivity contribution in [2.45, 2.75) is 11.4 Å². The van der Waals surface area contributed by atoms with Crippen LogP contribution in [-0.2, 0) is 14.4 Å². The summed E-state index contributed by atoms with van der Waals surface area (Å²) in [6.45, 7) is -0.175. The molecule has 1 aromatic heterocycles. The molecule has 0 radical (unpaired) electrons. The van der Waals surface area contributed by atoms with Crippen LogP contribution in [0.5, 0.6) is 0 Å². The van der Waals surface area contributed by atoms with Crippen molar-refractivity contribution in [3.8, 4) is 0 Å². The fraction of sp³-hybridized carbons (Fsp3) is 0.308. The summed E-state index contributed by atoms with van der Waals surface area (Å²) in [7, 11) is 0. The minimum Gasteiger partial charge on any atom is -0.477 e. The molecule has 2 aliphatic rings. The maximum Gasteiger partial charge on any atom is 0.352 e. The molecule has 0 bridgehead atoms. The first-order chi connectivity index (χ1) is 13.4. The molecule has 2 atom stereocenters. The predicted octanol–water partition coefficient (Wildman–Crippen LogP) is -0.0475. The third-order valence-electron chi connectivity index (χ3n) is 3.94. The summed E-state index contributed by atoms with van der Waals surface area (Å²) in [4.78, 5) is 43.9. The molecule has 28 heavy (non-hydrogen) atoms. The van der Waals surface area contributed by atoms with Crippen molar-refractivity contribution in [2.24, 2.45) is 10.3 Å². The number of hydrogen-bond acceptors (Lipinski definition) is 10. The molecule has 0 spiro atoms. The Morgan fingerprint density at radius 3 is 2.86 bits per heavy atom. The van der Waals surface area contributed by atoms with E-state index in [1.807, 2.05) is 0 Å². The van der Waals surface area contributed by atoms with Crippen molar-refractivity contribution in [3.05, 3.63) is 32.8 Å². The molecule has 5 N–H and O–H groups in total. The van der Waals surface area contributed by atoms with Gasteiger partial charge in [0.2, 0.25) is 0 Å². The van der Waals surface area contributed by atoms with Gasteiger partial charge >= 0.3 is 5.97 Å². The molecule has 3 heterocycles. The highest BCUT2D eigenvalue weighted by Crippen LogP contribution is 2.40. The number of carboxylic acid groups (broad SMARTS) is 1. The molecular weight excluding hydrogens is 412 g/mol. The van der Waals surface area contributed by atoms with Gasteiger partial charge in [0.25, 0.3) is 11.8 Å². The third-order valence-corrected chi connectivity index (χ3v) is 5.95. The highest BCUT2D eigenvalue weighted by Gasteiger charge is 2.54. The zero-order valence-corrected chi connectivity index (χ0v) is 15.5. The summed E-state index contributed by atoms with van der Waals surface area (Å²) >= 11 is 2.26. The van der Waals surface area contributed by atoms with Gasteiger partial charge in [0, 0.05) is 16.0 Å². The van der Waals surface area contributed by atoms with E-state index in [0.29, 0.717) is 5.57 Å². The van der Waals surface area contributed by atoms with Gasteiger partial charge in [-0.3, -0.25) is 14.5 Å². The van der Waals surface area contributed by atoms with Crippen LogP contribution in [0.4, 0.5) is 5.13 Å². The Balaban J connectivity index is 1.78. The van der Waals surface area contributed by atoms with Gasteiger partial charge in [0.1, 0.15) is 22.8 Å². The number of carbonyl (C=O) groups excluding carboxylic acids is 2. The van der Waals surface area contributed by atoms with E-state index in [0.717, 1.165) is 16.2 Å². The second kappa shape index (κ2) is 7.75. The Morgan fingerprint density at radius 2 is 2.29 bits per heavy atom. The molecule has 2 amide bonds. The number of anilines is 1. The van der Waals surface area contributed by atoms with Crippen molar-refractivity contribution in [1.29, 1.82) is 0 Å². The molecule has 0 aliphatic carbocycles. The molecular formula is C13H12N8O5S2. The zero-order chi connectivity index (χ0) is 20.4. The van der Waals surface area contributed by atoms with Gasteiger partial charge in [0.15, 0.2) is 10.8 Å². The predicted molar refractivity (Wildman–Crippen MR) is 98.5 cm³/mol. The summed E-state index contributed by atoms with van der Waals surface area (Å²) < 4.78 is 0. The Morgan fingerprint density at radius 1 is 1.54 bits per heavy atom. The fourth-order valence-corrected chi connectivity index (χ4v) is 4.62. The van der Waals surface area contributed by atoms with Crippen LogP contribution in [0.15, 0.2) is 26.9 Å². The standard InChI is InChI=1S/C13H12N8O5S2/c14-13-17-5(3-28-13)6(19-26)9(22)18-7-10(23)21-8(12(24)25)4(1-16-20-15)2-27-11(7)21/h3,7,11,26H,1-2H2,(H2,14,17)(H,18,22)(H,24,25)/b19-6-/t7-,11-/m1/s1. The molecule has 0 unspecified atom stereocenters. The van der Waals surface area contributed by atoms with Gasteiger partial charge in [-0.05, 0) is 11.1 Å². The smallest absolute Gasteiger partial charge is 0.352 e. The zero-order valence-electron chi connectivity index (χ0n) is 13.8. The number of rotatable bonds is 6. The van der Waals surface area contributed by atoms with Crippen LogP contribution in [-0.4, -0.2) is 67.4 Å². The fourth-order valence-electron chi connectivity index (χ4n) is 2.74. The van der Waals surface area contributed by atoms with E-state index in [-0.39, 0.29) is 28.8 Å². The first-order valence-electron chi connectivity index (χ1n) is 7.54. The normalized spacial score (nSPS) is 21.5. The van der Waals surface area contributed by atoms with E-state index >= 15 is 0 Å². The number of nitrogens with zero attached hydrogens (tertiary/aromatic N) is 6. The number of nitrogen functional groups attached to an aromatic ring is 1. The van der Waals surface area contributed by atoms with Crippen LogP contribution in [0.2, 0.25) is 0 Å². The van der Waals surface area contributed by atoms with Gasteiger partial charge in [0.05, 0.1) is 6.54 Å². The lowest BCUT2D eigenvalue weighted by molar-refractivity contribution is -0.150. The molecule has 2 aliphatic heterocycles. The van der Waals surface area contributed by atoms with Gasteiger partial charge in [-0.2, -0.15) is 0 Å². The van der Waals surface area contributed by atoms with Crippen LogP contribution < -0.4 is 11.1 Å². The first-order valence-corrected chi connectivity index (χ1v) is 9.47. The van der Waals surface area contributed by atoms with E-state index in [2.05, 4.69) is 25.5 Å². The van der Waals surface area contributed by atoms with Gasteiger partial charge in [-0.1, -0.05) is 10.3 Å². The van der Waals surface area contributed by atoms with Crippen LogP contribution in [0.25, 0.3) is 10.4 Å². The maximum absolute atomic E-state index is 12.5. The minimum absolute atomic E-state index is 0.0465. The SMILES string of the molecule is [N-]=[N+]=NCC1=C(C(=O)O)N2C(=O)[C@@H](NC(=O)/C(=N\O)c3csc(N)n3)[C@H]2SC1. The lowest BCUT2D eigenvalue weighted by Crippen LogP contribution is -2.71. The van der Waals surface area contributed by atoms with E-state index in [9.17, 15) is 19.5 Å². The van der Waals surface area contributed by atoms with Gasteiger partial charge in [-0.15, -0.1) is 23.1 Å². The van der Waals surface area contributed by atoms with Gasteiger partial charge in [-0.25, -0.2) is 9.78 Å². The van der Waals surface area contributed by atoms with Crippen molar-refractivity contribution in [1.82, 2.24) is 15.2 Å². The second-order valence-electron chi connectivity index (χ2n) is 5.53. The summed E-state index contributed by atoms with van der Waals surface area (Å²) in [6.07, 6.45) is 0. The van der Waals surface area contributed by atoms with Crippen LogP contribution in [0.1, 0.15) is 5.69 Å². The van der Waals surface area contributed by atoms with E-state index in [1.54, 1.807) is 0 Å². The topological polar surface area (TPSA) is 207 Å². The Bertz CT molecular complexity index is 966. The number of azide groups is 1. The Hall–Kier alpha value is -3.29. The lowest BCUT2D eigenvalue weighted by Gasteiger charge is -2.49. The molecule has 13 nitrogen and oxygen atoms in total. The van der Waals surface area contributed by atoms with E-state index in [4.69, 9.17) is 16.5 Å². The monoisotopic (exact) mass is 424 g/mol. The molecule has 0 aromatic carbocycles. The average molecular weight is 424 g/mol. The molecule has 15 heteroatoms. The van der Waals surface area contributed by atoms with E-state index < -0.39 is 34.9 Å². The molecule has 1 fully saturated rings. The van der Waals surface area contributed by atoms with Crippen molar-refractivity contribution < 1.29 is 24.7 Å². The molecule has 1 saturated heterocycles. The summed E-state index contributed by atoms with van der Waals surface area (Å²) in [5.74, 6) is -2.61. The highest BCUT2D eigenvalue weighted by atomic mass is 32.2. The number of thioether (sulfide) groups is 1. The molecule has 146 valence electrons. The van der Waals surface area contributed by atoms with Crippen LogP contribution >= 0.6 is 23.1 Å². The maximum atomic E-state index is 12.5. The largest absolute Gasteiger partial charge is 0.477 e. The Labute approximate surface area is 164 Å². The number of aliphatic carboxylic acids is 1. The summed E-state index contributed by atoms with van der Waals surface area (Å²) in [5.41, 5.74) is 13.6. The number of amides is 2.